The van der Waals surface area contributed by atoms with Crippen LogP contribution in [-0.2, 0) is 13.5 Å². The molecule has 104 valence electrons. The zero-order chi connectivity index (χ0) is 13.7. The van der Waals surface area contributed by atoms with Crippen molar-refractivity contribution in [1.82, 2.24) is 15.1 Å². The predicted octanol–water partition coefficient (Wildman–Crippen LogP) is 3.00. The van der Waals surface area contributed by atoms with Crippen molar-refractivity contribution < 1.29 is 4.42 Å². The van der Waals surface area contributed by atoms with Crippen molar-refractivity contribution in [3.8, 4) is 0 Å². The Kier molecular flexibility index (Phi) is 4.80. The molecule has 0 aliphatic carbocycles. The third-order valence-corrected chi connectivity index (χ3v) is 3.40. The van der Waals surface area contributed by atoms with Gasteiger partial charge >= 0.3 is 0 Å². The van der Waals surface area contributed by atoms with E-state index in [9.17, 15) is 0 Å². The van der Waals surface area contributed by atoms with Crippen molar-refractivity contribution in [2.75, 3.05) is 6.54 Å². The third-order valence-electron chi connectivity index (χ3n) is 3.40. The number of nitrogens with one attached hydrogen (secondary N) is 1. The SMILES string of the molecule is CCCNC(CCc1cnn(C)c1)c1ccoc1C. The van der Waals surface area contributed by atoms with E-state index < -0.39 is 0 Å². The molecule has 0 aliphatic rings. The molecule has 2 heterocycles. The van der Waals surface area contributed by atoms with Gasteiger partial charge in [-0.2, -0.15) is 5.10 Å². The first-order valence-electron chi connectivity index (χ1n) is 6.95. The van der Waals surface area contributed by atoms with Gasteiger partial charge in [-0.3, -0.25) is 4.68 Å². The molecule has 4 nitrogen and oxygen atoms in total. The summed E-state index contributed by atoms with van der Waals surface area (Å²) < 4.78 is 7.28. The summed E-state index contributed by atoms with van der Waals surface area (Å²) in [6.07, 6.45) is 9.03. The lowest BCUT2D eigenvalue weighted by Gasteiger charge is -2.17. The Hall–Kier alpha value is -1.55. The van der Waals surface area contributed by atoms with Crippen LogP contribution < -0.4 is 5.32 Å². The topological polar surface area (TPSA) is 43.0 Å². The highest BCUT2D eigenvalue weighted by Gasteiger charge is 2.15. The summed E-state index contributed by atoms with van der Waals surface area (Å²) in [5.74, 6) is 1.01. The number of aryl methyl sites for hydroxylation is 3. The van der Waals surface area contributed by atoms with Crippen LogP contribution in [0.15, 0.2) is 29.1 Å². The highest BCUT2D eigenvalue weighted by Crippen LogP contribution is 2.23. The fourth-order valence-corrected chi connectivity index (χ4v) is 2.35. The standard InChI is InChI=1S/C15H23N3O/c1-4-8-16-15(14-7-9-19-12(14)2)6-5-13-10-17-18(3)11-13/h7,9-11,15-16H,4-6,8H2,1-3H3. The highest BCUT2D eigenvalue weighted by molar-refractivity contribution is 5.20. The Morgan fingerprint density at radius 3 is 2.89 bits per heavy atom. The summed E-state index contributed by atoms with van der Waals surface area (Å²) in [7, 11) is 1.95. The fraction of sp³-hybridized carbons (Fsp3) is 0.533. The molecule has 19 heavy (non-hydrogen) atoms. The first-order chi connectivity index (χ1) is 9.20. The maximum Gasteiger partial charge on any atom is 0.105 e. The molecule has 4 heteroatoms. The smallest absolute Gasteiger partial charge is 0.105 e. The molecule has 1 N–H and O–H groups in total. The monoisotopic (exact) mass is 261 g/mol. The summed E-state index contributed by atoms with van der Waals surface area (Å²) >= 11 is 0. The van der Waals surface area contributed by atoms with Gasteiger partial charge in [-0.05, 0) is 44.4 Å². The lowest BCUT2D eigenvalue weighted by Crippen LogP contribution is -2.22. The number of rotatable bonds is 7. The molecule has 0 saturated heterocycles. The molecule has 1 atom stereocenters. The second-order valence-corrected chi connectivity index (χ2v) is 5.00. The van der Waals surface area contributed by atoms with E-state index >= 15 is 0 Å². The zero-order valence-electron chi connectivity index (χ0n) is 12.0. The van der Waals surface area contributed by atoms with E-state index in [0.29, 0.717) is 6.04 Å². The van der Waals surface area contributed by atoms with Gasteiger partial charge in [0.05, 0.1) is 12.5 Å². The first kappa shape index (κ1) is 13.9. The lowest BCUT2D eigenvalue weighted by atomic mass is 10.0. The second kappa shape index (κ2) is 6.57. The first-order valence-corrected chi connectivity index (χ1v) is 6.95. The fourth-order valence-electron chi connectivity index (χ4n) is 2.35. The number of aromatic nitrogens is 2. The minimum absolute atomic E-state index is 0.360. The van der Waals surface area contributed by atoms with E-state index in [2.05, 4.69) is 29.6 Å². The van der Waals surface area contributed by atoms with Crippen LogP contribution in [0.1, 0.15) is 42.7 Å². The molecule has 0 fully saturated rings. The molecule has 2 aromatic rings. The third kappa shape index (κ3) is 3.70. The van der Waals surface area contributed by atoms with Crippen LogP contribution in [0.3, 0.4) is 0 Å². The van der Waals surface area contributed by atoms with Crippen molar-refractivity contribution in [2.24, 2.45) is 7.05 Å². The Balaban J connectivity index is 2.00. The molecule has 2 aromatic heterocycles. The summed E-state index contributed by atoms with van der Waals surface area (Å²) in [4.78, 5) is 0. The van der Waals surface area contributed by atoms with Crippen LogP contribution in [0.25, 0.3) is 0 Å². The minimum Gasteiger partial charge on any atom is -0.469 e. The van der Waals surface area contributed by atoms with Crippen LogP contribution in [0.5, 0.6) is 0 Å². The summed E-state index contributed by atoms with van der Waals surface area (Å²) in [5, 5.41) is 7.82. The normalized spacial score (nSPS) is 12.8. The Labute approximate surface area is 114 Å². The average Bonchev–Trinajstić information content (AvgIpc) is 2.99. The number of hydrogen-bond donors (Lipinski definition) is 1. The number of nitrogens with zero attached hydrogens (tertiary/aromatic N) is 2. The molecule has 0 bridgehead atoms. The molecular formula is C15H23N3O. The minimum atomic E-state index is 0.360. The lowest BCUT2D eigenvalue weighted by molar-refractivity contribution is 0.476. The number of hydrogen-bond acceptors (Lipinski definition) is 3. The van der Waals surface area contributed by atoms with Crippen molar-refractivity contribution in [3.63, 3.8) is 0 Å². The molecule has 0 aliphatic heterocycles. The maximum atomic E-state index is 5.43. The molecule has 2 rings (SSSR count). The highest BCUT2D eigenvalue weighted by atomic mass is 16.3. The van der Waals surface area contributed by atoms with Gasteiger partial charge in [0.25, 0.3) is 0 Å². The Bertz CT molecular complexity index is 501. The van der Waals surface area contributed by atoms with Crippen LogP contribution >= 0.6 is 0 Å². The van der Waals surface area contributed by atoms with E-state index in [-0.39, 0.29) is 0 Å². The van der Waals surface area contributed by atoms with Crippen molar-refractivity contribution in [1.29, 1.82) is 0 Å². The van der Waals surface area contributed by atoms with E-state index in [1.165, 1.54) is 11.1 Å². The van der Waals surface area contributed by atoms with Crippen LogP contribution in [0.4, 0.5) is 0 Å². The van der Waals surface area contributed by atoms with Crippen LogP contribution in [-0.4, -0.2) is 16.3 Å². The molecular weight excluding hydrogens is 238 g/mol. The molecule has 0 aromatic carbocycles. The maximum absolute atomic E-state index is 5.43. The van der Waals surface area contributed by atoms with Gasteiger partial charge in [-0.1, -0.05) is 6.92 Å². The van der Waals surface area contributed by atoms with Gasteiger partial charge in [-0.25, -0.2) is 0 Å². The second-order valence-electron chi connectivity index (χ2n) is 5.00. The van der Waals surface area contributed by atoms with Crippen LogP contribution in [0, 0.1) is 6.92 Å². The largest absolute Gasteiger partial charge is 0.469 e. The van der Waals surface area contributed by atoms with Gasteiger partial charge < -0.3 is 9.73 Å². The summed E-state index contributed by atoms with van der Waals surface area (Å²) in [5.41, 5.74) is 2.56. The van der Waals surface area contributed by atoms with E-state index in [0.717, 1.165) is 31.6 Å². The zero-order valence-corrected chi connectivity index (χ0v) is 12.0. The van der Waals surface area contributed by atoms with Crippen molar-refractivity contribution in [2.45, 2.75) is 39.2 Å². The van der Waals surface area contributed by atoms with Crippen molar-refractivity contribution in [3.05, 3.63) is 41.6 Å². The van der Waals surface area contributed by atoms with Crippen LogP contribution in [0.2, 0.25) is 0 Å². The molecule has 0 spiro atoms. The van der Waals surface area contributed by atoms with E-state index in [1.54, 1.807) is 6.26 Å². The Morgan fingerprint density at radius 1 is 1.47 bits per heavy atom. The van der Waals surface area contributed by atoms with Gasteiger partial charge in [0.15, 0.2) is 0 Å². The summed E-state index contributed by atoms with van der Waals surface area (Å²) in [6.45, 7) is 5.25. The van der Waals surface area contributed by atoms with E-state index in [1.807, 2.05) is 24.9 Å². The van der Waals surface area contributed by atoms with E-state index in [4.69, 9.17) is 4.42 Å². The van der Waals surface area contributed by atoms with Gasteiger partial charge in [0.1, 0.15) is 5.76 Å². The van der Waals surface area contributed by atoms with Crippen molar-refractivity contribution >= 4 is 0 Å². The predicted molar refractivity (Wildman–Crippen MR) is 76.0 cm³/mol. The molecule has 0 radical (unpaired) electrons. The van der Waals surface area contributed by atoms with Gasteiger partial charge in [-0.15, -0.1) is 0 Å². The Morgan fingerprint density at radius 2 is 2.32 bits per heavy atom. The van der Waals surface area contributed by atoms with Gasteiger partial charge in [0, 0.05) is 24.8 Å². The van der Waals surface area contributed by atoms with Gasteiger partial charge in [0.2, 0.25) is 0 Å². The number of furan rings is 1. The quantitative estimate of drug-likeness (QED) is 0.833. The summed E-state index contributed by atoms with van der Waals surface area (Å²) in [6, 6.07) is 2.44. The molecule has 0 amide bonds. The molecule has 1 unspecified atom stereocenters. The average molecular weight is 261 g/mol. The molecule has 0 saturated carbocycles.